The number of hydrogen-bond acceptors (Lipinski definition) is 2. The van der Waals surface area contributed by atoms with E-state index in [1.165, 1.54) is 11.1 Å². The zero-order valence-electron chi connectivity index (χ0n) is 11.2. The van der Waals surface area contributed by atoms with Crippen LogP contribution >= 0.6 is 0 Å². The lowest BCUT2D eigenvalue weighted by Crippen LogP contribution is -2.34. The van der Waals surface area contributed by atoms with Gasteiger partial charge in [-0.3, -0.25) is 4.79 Å². The van der Waals surface area contributed by atoms with E-state index in [0.717, 1.165) is 12.8 Å². The molecule has 0 aromatic heterocycles. The summed E-state index contributed by atoms with van der Waals surface area (Å²) in [6, 6.07) is 8.96. The highest BCUT2D eigenvalue weighted by Crippen LogP contribution is 2.41. The van der Waals surface area contributed by atoms with Gasteiger partial charge in [-0.25, -0.2) is 0 Å². The smallest absolute Gasteiger partial charge is 0.218 e. The van der Waals surface area contributed by atoms with Crippen LogP contribution in [0.5, 0.6) is 0 Å². The van der Waals surface area contributed by atoms with Crippen molar-refractivity contribution in [2.24, 2.45) is 5.73 Å². The first-order valence-electron chi connectivity index (χ1n) is 6.62. The largest absolute Gasteiger partial charge is 0.370 e. The maximum absolute atomic E-state index is 10.8. The molecule has 1 aliphatic rings. The van der Waals surface area contributed by atoms with Crippen molar-refractivity contribution in [2.75, 3.05) is 6.54 Å². The minimum Gasteiger partial charge on any atom is -0.370 e. The summed E-state index contributed by atoms with van der Waals surface area (Å²) in [5, 5.41) is 3.45. The van der Waals surface area contributed by atoms with Gasteiger partial charge in [0.25, 0.3) is 0 Å². The van der Waals surface area contributed by atoms with Crippen LogP contribution < -0.4 is 11.1 Å². The van der Waals surface area contributed by atoms with E-state index >= 15 is 0 Å². The zero-order valence-corrected chi connectivity index (χ0v) is 11.2. The van der Waals surface area contributed by atoms with E-state index in [4.69, 9.17) is 5.73 Å². The predicted molar refractivity (Wildman–Crippen MR) is 73.3 cm³/mol. The van der Waals surface area contributed by atoms with Crippen LogP contribution in [0.1, 0.15) is 50.3 Å². The summed E-state index contributed by atoms with van der Waals surface area (Å²) in [7, 11) is 0. The third-order valence-corrected chi connectivity index (χ3v) is 3.89. The number of benzene rings is 1. The number of amides is 1. The fraction of sp³-hybridized carbons (Fsp3) is 0.533. The summed E-state index contributed by atoms with van der Waals surface area (Å²) in [5.74, 6) is -0.244. The van der Waals surface area contributed by atoms with Gasteiger partial charge in [-0.1, -0.05) is 38.1 Å². The quantitative estimate of drug-likeness (QED) is 0.856. The summed E-state index contributed by atoms with van der Waals surface area (Å²) in [6.07, 6.45) is 2.68. The first kappa shape index (κ1) is 13.1. The average molecular weight is 246 g/mol. The van der Waals surface area contributed by atoms with Crippen LogP contribution in [-0.4, -0.2) is 12.5 Å². The van der Waals surface area contributed by atoms with Crippen LogP contribution in [0.15, 0.2) is 24.3 Å². The number of primary amides is 1. The lowest BCUT2D eigenvalue weighted by Gasteiger charge is -2.37. The summed E-state index contributed by atoms with van der Waals surface area (Å²) >= 11 is 0. The molecule has 1 unspecified atom stereocenters. The Morgan fingerprint density at radius 1 is 1.44 bits per heavy atom. The molecule has 3 heteroatoms. The van der Waals surface area contributed by atoms with Gasteiger partial charge in [-0.2, -0.15) is 0 Å². The molecule has 1 aromatic rings. The summed E-state index contributed by atoms with van der Waals surface area (Å²) in [5.41, 5.74) is 8.21. The van der Waals surface area contributed by atoms with Crippen molar-refractivity contribution in [3.05, 3.63) is 35.4 Å². The fourth-order valence-electron chi connectivity index (χ4n) is 2.79. The van der Waals surface area contributed by atoms with Crippen molar-refractivity contribution in [3.63, 3.8) is 0 Å². The molecule has 1 aliphatic carbocycles. The maximum Gasteiger partial charge on any atom is 0.218 e. The molecule has 1 aromatic carbocycles. The van der Waals surface area contributed by atoms with Gasteiger partial charge in [0.1, 0.15) is 0 Å². The Morgan fingerprint density at radius 3 is 2.89 bits per heavy atom. The molecule has 3 N–H and O–H groups in total. The molecular formula is C15H22N2O. The van der Waals surface area contributed by atoms with Crippen molar-refractivity contribution in [3.8, 4) is 0 Å². The van der Waals surface area contributed by atoms with E-state index in [2.05, 4.69) is 43.4 Å². The van der Waals surface area contributed by atoms with Crippen molar-refractivity contribution in [1.29, 1.82) is 0 Å². The molecule has 0 spiro atoms. The highest BCUT2D eigenvalue weighted by molar-refractivity contribution is 5.73. The monoisotopic (exact) mass is 246 g/mol. The van der Waals surface area contributed by atoms with Crippen molar-refractivity contribution in [2.45, 2.75) is 44.6 Å². The van der Waals surface area contributed by atoms with Crippen molar-refractivity contribution < 1.29 is 4.79 Å². The summed E-state index contributed by atoms with van der Waals surface area (Å²) < 4.78 is 0. The van der Waals surface area contributed by atoms with E-state index in [9.17, 15) is 4.79 Å². The number of carbonyl (C=O) groups excluding carboxylic acids is 1. The Kier molecular flexibility index (Phi) is 3.71. The molecule has 0 bridgehead atoms. The number of rotatable bonds is 4. The second-order valence-corrected chi connectivity index (χ2v) is 5.73. The van der Waals surface area contributed by atoms with Crippen LogP contribution in [-0.2, 0) is 10.2 Å². The SMILES string of the molecule is CC1(C)CCC(NCCC(N)=O)c2ccccc21. The van der Waals surface area contributed by atoms with Crippen LogP contribution in [0.25, 0.3) is 0 Å². The third kappa shape index (κ3) is 2.72. The third-order valence-electron chi connectivity index (χ3n) is 3.89. The minimum absolute atomic E-state index is 0.244. The molecule has 0 saturated heterocycles. The second-order valence-electron chi connectivity index (χ2n) is 5.73. The Morgan fingerprint density at radius 2 is 2.17 bits per heavy atom. The molecular weight excluding hydrogens is 224 g/mol. The van der Waals surface area contributed by atoms with Gasteiger partial charge in [0, 0.05) is 19.0 Å². The van der Waals surface area contributed by atoms with Gasteiger partial charge >= 0.3 is 0 Å². The normalized spacial score (nSPS) is 21.3. The van der Waals surface area contributed by atoms with E-state index in [1.54, 1.807) is 0 Å². The first-order chi connectivity index (χ1) is 8.50. The van der Waals surface area contributed by atoms with Crippen LogP contribution in [0, 0.1) is 0 Å². The number of fused-ring (bicyclic) bond motifs is 1. The molecule has 1 amide bonds. The fourth-order valence-corrected chi connectivity index (χ4v) is 2.79. The van der Waals surface area contributed by atoms with E-state index in [0.29, 0.717) is 19.0 Å². The topological polar surface area (TPSA) is 55.1 Å². The Hall–Kier alpha value is -1.35. The van der Waals surface area contributed by atoms with Crippen LogP contribution in [0.3, 0.4) is 0 Å². The Labute approximate surface area is 109 Å². The molecule has 0 aliphatic heterocycles. The molecule has 0 fully saturated rings. The number of nitrogens with two attached hydrogens (primary N) is 1. The summed E-state index contributed by atoms with van der Waals surface area (Å²) in [4.78, 5) is 10.8. The lowest BCUT2D eigenvalue weighted by atomic mass is 9.71. The van der Waals surface area contributed by atoms with Gasteiger partial charge < -0.3 is 11.1 Å². The highest BCUT2D eigenvalue weighted by Gasteiger charge is 2.31. The van der Waals surface area contributed by atoms with Gasteiger partial charge in [0.15, 0.2) is 0 Å². The van der Waals surface area contributed by atoms with Gasteiger partial charge in [-0.05, 0) is 29.4 Å². The Balaban J connectivity index is 2.13. The minimum atomic E-state index is -0.244. The molecule has 0 radical (unpaired) electrons. The molecule has 3 nitrogen and oxygen atoms in total. The molecule has 0 saturated carbocycles. The van der Waals surface area contributed by atoms with Gasteiger partial charge in [0.05, 0.1) is 0 Å². The van der Waals surface area contributed by atoms with Gasteiger partial charge in [-0.15, -0.1) is 0 Å². The van der Waals surface area contributed by atoms with E-state index in [1.807, 2.05) is 0 Å². The lowest BCUT2D eigenvalue weighted by molar-refractivity contribution is -0.117. The molecule has 2 rings (SSSR count). The number of carbonyl (C=O) groups is 1. The predicted octanol–water partition coefficient (Wildman–Crippen LogP) is 2.26. The van der Waals surface area contributed by atoms with Crippen LogP contribution in [0.4, 0.5) is 0 Å². The zero-order chi connectivity index (χ0) is 13.2. The maximum atomic E-state index is 10.8. The molecule has 0 heterocycles. The van der Waals surface area contributed by atoms with E-state index < -0.39 is 0 Å². The van der Waals surface area contributed by atoms with Gasteiger partial charge in [0.2, 0.25) is 5.91 Å². The standard InChI is InChI=1S/C15H22N2O/c1-15(2)9-7-13(17-10-8-14(16)18)11-5-3-4-6-12(11)15/h3-6,13,17H,7-10H2,1-2H3,(H2,16,18). The number of nitrogens with one attached hydrogen (secondary N) is 1. The van der Waals surface area contributed by atoms with Crippen molar-refractivity contribution in [1.82, 2.24) is 5.32 Å². The highest BCUT2D eigenvalue weighted by atomic mass is 16.1. The molecule has 1 atom stereocenters. The average Bonchev–Trinajstić information content (AvgIpc) is 2.32. The van der Waals surface area contributed by atoms with Crippen molar-refractivity contribution >= 4 is 5.91 Å². The number of hydrogen-bond donors (Lipinski definition) is 2. The molecule has 98 valence electrons. The first-order valence-corrected chi connectivity index (χ1v) is 6.62. The molecule has 18 heavy (non-hydrogen) atoms. The summed E-state index contributed by atoms with van der Waals surface area (Å²) in [6.45, 7) is 5.26. The second kappa shape index (κ2) is 5.11. The Bertz CT molecular complexity index is 440. The van der Waals surface area contributed by atoms with Crippen LogP contribution in [0.2, 0.25) is 0 Å². The van der Waals surface area contributed by atoms with E-state index in [-0.39, 0.29) is 11.3 Å².